The number of unbranched alkanes of at least 4 members (excludes halogenated alkanes) is 3. The molecular weight excluding hydrogens is 262 g/mol. The van der Waals surface area contributed by atoms with Crippen LogP contribution in [0.3, 0.4) is 0 Å². The molecule has 1 rings (SSSR count). The van der Waals surface area contributed by atoms with Crippen molar-refractivity contribution in [3.63, 3.8) is 0 Å². The van der Waals surface area contributed by atoms with Crippen LogP contribution in [0.4, 0.5) is 0 Å². The Balaban J connectivity index is 2.45. The normalized spacial score (nSPS) is 21.9. The van der Waals surface area contributed by atoms with Gasteiger partial charge in [0.05, 0.1) is 6.61 Å². The number of aliphatic carboxylic acids is 1. The molecule has 0 bridgehead atoms. The Bertz CT molecular complexity index is 321. The molecule has 2 unspecified atom stereocenters. The Morgan fingerprint density at radius 3 is 2.40 bits per heavy atom. The van der Waals surface area contributed by atoms with E-state index in [1.807, 2.05) is 0 Å². The first kappa shape index (κ1) is 16.9. The van der Waals surface area contributed by atoms with Crippen molar-refractivity contribution >= 4 is 11.9 Å². The summed E-state index contributed by atoms with van der Waals surface area (Å²) in [6, 6.07) is 0. The number of amides is 1. The number of carbonyl (C=O) groups excluding carboxylic acids is 1. The highest BCUT2D eigenvalue weighted by Crippen LogP contribution is 2.21. The van der Waals surface area contributed by atoms with Crippen molar-refractivity contribution in [3.05, 3.63) is 0 Å². The lowest BCUT2D eigenvalue weighted by Gasteiger charge is -2.24. The fourth-order valence-electron chi connectivity index (χ4n) is 2.39. The SMILES string of the molecule is CCCCCCN(CCO)C(=O)C1CCC(C(=O)O)O1. The third kappa shape index (κ3) is 5.09. The molecule has 0 aromatic heterocycles. The Morgan fingerprint density at radius 2 is 1.85 bits per heavy atom. The molecule has 1 aliphatic rings. The van der Waals surface area contributed by atoms with E-state index in [1.54, 1.807) is 4.90 Å². The van der Waals surface area contributed by atoms with Crippen LogP contribution in [0.15, 0.2) is 0 Å². The summed E-state index contributed by atoms with van der Waals surface area (Å²) in [6.45, 7) is 2.91. The van der Waals surface area contributed by atoms with Crippen molar-refractivity contribution in [3.8, 4) is 0 Å². The summed E-state index contributed by atoms with van der Waals surface area (Å²) in [5.41, 5.74) is 0. The summed E-state index contributed by atoms with van der Waals surface area (Å²) in [7, 11) is 0. The van der Waals surface area contributed by atoms with Gasteiger partial charge in [-0.15, -0.1) is 0 Å². The van der Waals surface area contributed by atoms with Gasteiger partial charge in [0, 0.05) is 13.1 Å². The van der Waals surface area contributed by atoms with Crippen LogP contribution in [0.5, 0.6) is 0 Å². The van der Waals surface area contributed by atoms with Gasteiger partial charge in [0.25, 0.3) is 5.91 Å². The molecule has 0 aromatic rings. The van der Waals surface area contributed by atoms with Gasteiger partial charge in [-0.25, -0.2) is 4.79 Å². The Labute approximate surface area is 119 Å². The first-order chi connectivity index (χ1) is 9.60. The monoisotopic (exact) mass is 287 g/mol. The maximum Gasteiger partial charge on any atom is 0.332 e. The Hall–Kier alpha value is -1.14. The minimum Gasteiger partial charge on any atom is -0.479 e. The summed E-state index contributed by atoms with van der Waals surface area (Å²) < 4.78 is 5.27. The lowest BCUT2D eigenvalue weighted by Crippen LogP contribution is -2.41. The van der Waals surface area contributed by atoms with Crippen LogP contribution in [0.25, 0.3) is 0 Å². The van der Waals surface area contributed by atoms with E-state index in [2.05, 4.69) is 6.92 Å². The second-order valence-corrected chi connectivity index (χ2v) is 5.14. The van der Waals surface area contributed by atoms with Gasteiger partial charge in [0.2, 0.25) is 0 Å². The molecule has 20 heavy (non-hydrogen) atoms. The number of aliphatic hydroxyl groups excluding tert-OH is 1. The van der Waals surface area contributed by atoms with Gasteiger partial charge in [-0.2, -0.15) is 0 Å². The largest absolute Gasteiger partial charge is 0.479 e. The van der Waals surface area contributed by atoms with Gasteiger partial charge in [0.1, 0.15) is 6.10 Å². The van der Waals surface area contributed by atoms with E-state index in [1.165, 1.54) is 0 Å². The molecule has 2 atom stereocenters. The fourth-order valence-corrected chi connectivity index (χ4v) is 2.39. The van der Waals surface area contributed by atoms with E-state index in [4.69, 9.17) is 14.9 Å². The van der Waals surface area contributed by atoms with Crippen LogP contribution in [0.1, 0.15) is 45.4 Å². The van der Waals surface area contributed by atoms with Crippen LogP contribution >= 0.6 is 0 Å². The molecule has 1 amide bonds. The zero-order chi connectivity index (χ0) is 15.0. The van der Waals surface area contributed by atoms with Crippen LogP contribution < -0.4 is 0 Å². The van der Waals surface area contributed by atoms with Gasteiger partial charge in [0.15, 0.2) is 6.10 Å². The van der Waals surface area contributed by atoms with Crippen molar-refractivity contribution < 1.29 is 24.5 Å². The van der Waals surface area contributed by atoms with Crippen LogP contribution in [-0.2, 0) is 14.3 Å². The predicted molar refractivity (Wildman–Crippen MR) is 73.3 cm³/mol. The molecule has 6 nitrogen and oxygen atoms in total. The lowest BCUT2D eigenvalue weighted by atomic mass is 10.1. The maximum absolute atomic E-state index is 12.3. The average Bonchev–Trinajstić information content (AvgIpc) is 2.91. The molecule has 116 valence electrons. The molecule has 0 aliphatic carbocycles. The lowest BCUT2D eigenvalue weighted by molar-refractivity contribution is -0.155. The number of carboxylic acids is 1. The second kappa shape index (κ2) is 8.92. The molecule has 1 fully saturated rings. The zero-order valence-electron chi connectivity index (χ0n) is 12.1. The minimum atomic E-state index is -1.02. The zero-order valence-corrected chi connectivity index (χ0v) is 12.1. The van der Waals surface area contributed by atoms with Gasteiger partial charge in [-0.3, -0.25) is 4.79 Å². The maximum atomic E-state index is 12.3. The number of ether oxygens (including phenoxy) is 1. The summed E-state index contributed by atoms with van der Waals surface area (Å²) in [5.74, 6) is -1.21. The Kier molecular flexibility index (Phi) is 7.54. The van der Waals surface area contributed by atoms with Gasteiger partial charge < -0.3 is 19.8 Å². The number of hydrogen-bond donors (Lipinski definition) is 2. The van der Waals surface area contributed by atoms with Gasteiger partial charge in [-0.1, -0.05) is 26.2 Å². The summed E-state index contributed by atoms with van der Waals surface area (Å²) >= 11 is 0. The standard InChI is InChI=1S/C14H25NO5/c1-2-3-4-5-8-15(9-10-16)13(17)11-6-7-12(20-11)14(18)19/h11-12,16H,2-10H2,1H3,(H,18,19). The third-order valence-corrected chi connectivity index (χ3v) is 3.53. The number of carbonyl (C=O) groups is 2. The van der Waals surface area contributed by atoms with Gasteiger partial charge in [-0.05, 0) is 19.3 Å². The van der Waals surface area contributed by atoms with E-state index in [0.29, 0.717) is 19.4 Å². The van der Waals surface area contributed by atoms with Crippen LogP contribution in [0.2, 0.25) is 0 Å². The molecule has 0 spiro atoms. The van der Waals surface area contributed by atoms with E-state index in [9.17, 15) is 9.59 Å². The highest BCUT2D eigenvalue weighted by molar-refractivity contribution is 5.82. The highest BCUT2D eigenvalue weighted by Gasteiger charge is 2.36. The summed E-state index contributed by atoms with van der Waals surface area (Å²) in [4.78, 5) is 24.7. The van der Waals surface area contributed by atoms with E-state index < -0.39 is 18.2 Å². The number of hydrogen-bond acceptors (Lipinski definition) is 4. The van der Waals surface area contributed by atoms with Crippen molar-refractivity contribution in [2.45, 2.75) is 57.7 Å². The highest BCUT2D eigenvalue weighted by atomic mass is 16.5. The molecule has 0 saturated carbocycles. The van der Waals surface area contributed by atoms with Crippen LogP contribution in [0, 0.1) is 0 Å². The van der Waals surface area contributed by atoms with Gasteiger partial charge >= 0.3 is 5.97 Å². The predicted octanol–water partition coefficient (Wildman–Crippen LogP) is 1.02. The molecule has 0 aromatic carbocycles. The topological polar surface area (TPSA) is 87.1 Å². The molecule has 1 heterocycles. The number of carboxylic acid groups (broad SMARTS) is 1. The van der Waals surface area contributed by atoms with Crippen LogP contribution in [-0.4, -0.2) is 58.9 Å². The molecule has 2 N–H and O–H groups in total. The van der Waals surface area contributed by atoms with E-state index >= 15 is 0 Å². The number of nitrogens with zero attached hydrogens (tertiary/aromatic N) is 1. The first-order valence-corrected chi connectivity index (χ1v) is 7.38. The average molecular weight is 287 g/mol. The van der Waals surface area contributed by atoms with E-state index in [0.717, 1.165) is 25.7 Å². The van der Waals surface area contributed by atoms with Crippen molar-refractivity contribution in [2.24, 2.45) is 0 Å². The van der Waals surface area contributed by atoms with Crippen molar-refractivity contribution in [2.75, 3.05) is 19.7 Å². The fraction of sp³-hybridized carbons (Fsp3) is 0.857. The molecule has 0 radical (unpaired) electrons. The smallest absolute Gasteiger partial charge is 0.332 e. The molecular formula is C14H25NO5. The summed E-state index contributed by atoms with van der Waals surface area (Å²) in [5, 5.41) is 17.9. The molecule has 1 saturated heterocycles. The number of rotatable bonds is 9. The molecule has 6 heteroatoms. The van der Waals surface area contributed by atoms with Crippen molar-refractivity contribution in [1.29, 1.82) is 0 Å². The quantitative estimate of drug-likeness (QED) is 0.618. The third-order valence-electron chi connectivity index (χ3n) is 3.53. The Morgan fingerprint density at radius 1 is 1.15 bits per heavy atom. The number of aliphatic hydroxyl groups is 1. The minimum absolute atomic E-state index is 0.0887. The van der Waals surface area contributed by atoms with E-state index in [-0.39, 0.29) is 19.1 Å². The van der Waals surface area contributed by atoms with Crippen molar-refractivity contribution in [1.82, 2.24) is 4.90 Å². The second-order valence-electron chi connectivity index (χ2n) is 5.14. The summed E-state index contributed by atoms with van der Waals surface area (Å²) in [6.07, 6.45) is 3.46. The molecule has 1 aliphatic heterocycles. The first-order valence-electron chi connectivity index (χ1n) is 7.38.